The second kappa shape index (κ2) is 40.8. The molecule has 4 nitrogen and oxygen atoms in total. The molecule has 47 heavy (non-hydrogen) atoms. The van der Waals surface area contributed by atoms with Gasteiger partial charge in [0.25, 0.3) is 0 Å². The molecule has 0 aromatic carbocycles. The van der Waals surface area contributed by atoms with Gasteiger partial charge in [0.2, 0.25) is 0 Å². The molecule has 0 aromatic heterocycles. The summed E-state index contributed by atoms with van der Waals surface area (Å²) in [6, 6.07) is 0. The first kappa shape index (κ1) is 45.6. The Balaban J connectivity index is 3.44. The summed E-state index contributed by atoms with van der Waals surface area (Å²) < 4.78 is 11.1. The fourth-order valence-electron chi connectivity index (χ4n) is 5.82. The predicted molar refractivity (Wildman–Crippen MR) is 205 cm³/mol. The van der Waals surface area contributed by atoms with E-state index in [4.69, 9.17) is 9.47 Å². The van der Waals surface area contributed by atoms with Gasteiger partial charge in [-0.3, -0.25) is 4.79 Å². The number of esters is 1. The second-order valence-corrected chi connectivity index (χ2v) is 13.7. The van der Waals surface area contributed by atoms with E-state index in [9.17, 15) is 9.90 Å². The van der Waals surface area contributed by atoms with Gasteiger partial charge >= 0.3 is 5.97 Å². The molecule has 0 aliphatic rings. The molecule has 276 valence electrons. The predicted octanol–water partition coefficient (Wildman–Crippen LogP) is 13.3. The number of unbranched alkanes of at least 4 members (excludes halogenated alkanes) is 24. The number of aliphatic hydroxyl groups is 1. The lowest BCUT2D eigenvalue weighted by molar-refractivity contribution is -0.154. The number of allylic oxidation sites excluding steroid dienone is 6. The summed E-state index contributed by atoms with van der Waals surface area (Å²) in [6.45, 7) is 5.31. The van der Waals surface area contributed by atoms with Gasteiger partial charge in [-0.25, -0.2) is 0 Å². The molecule has 0 radical (unpaired) electrons. The van der Waals surface area contributed by atoms with Crippen molar-refractivity contribution in [2.75, 3.05) is 19.8 Å². The summed E-state index contributed by atoms with van der Waals surface area (Å²) in [4.78, 5) is 12.2. The zero-order chi connectivity index (χ0) is 34.1. The van der Waals surface area contributed by atoms with Crippen molar-refractivity contribution >= 4 is 5.97 Å². The number of carbonyl (C=O) groups excluding carboxylic acids is 1. The van der Waals surface area contributed by atoms with Crippen molar-refractivity contribution in [3.05, 3.63) is 36.5 Å². The van der Waals surface area contributed by atoms with Crippen LogP contribution in [0.15, 0.2) is 36.5 Å². The zero-order valence-electron chi connectivity index (χ0n) is 31.5. The normalized spacial score (nSPS) is 12.7. The molecule has 4 heteroatoms. The van der Waals surface area contributed by atoms with Crippen LogP contribution in [0.3, 0.4) is 0 Å². The Morgan fingerprint density at radius 3 is 1.38 bits per heavy atom. The van der Waals surface area contributed by atoms with E-state index in [1.165, 1.54) is 161 Å². The van der Waals surface area contributed by atoms with E-state index in [-0.39, 0.29) is 12.6 Å². The van der Waals surface area contributed by atoms with Crippen molar-refractivity contribution in [1.82, 2.24) is 0 Å². The van der Waals surface area contributed by atoms with Gasteiger partial charge in [-0.1, -0.05) is 166 Å². The van der Waals surface area contributed by atoms with E-state index in [0.717, 1.165) is 25.7 Å². The molecular formula is C43H80O4. The molecule has 0 saturated heterocycles. The van der Waals surface area contributed by atoms with Gasteiger partial charge in [0.15, 0.2) is 0 Å². The summed E-state index contributed by atoms with van der Waals surface area (Å²) in [5.41, 5.74) is 0. The average Bonchev–Trinajstić information content (AvgIpc) is 3.08. The Labute approximate surface area is 293 Å². The maximum atomic E-state index is 12.2. The van der Waals surface area contributed by atoms with Crippen LogP contribution in [0.25, 0.3) is 0 Å². The number of hydrogen-bond donors (Lipinski definition) is 1. The molecule has 0 aliphatic heterocycles. The Kier molecular flexibility index (Phi) is 39.6. The lowest BCUT2D eigenvalue weighted by Gasteiger charge is -2.15. The molecule has 1 N–H and O–H groups in total. The molecule has 1 atom stereocenters. The van der Waals surface area contributed by atoms with Crippen LogP contribution in [0.4, 0.5) is 0 Å². The number of ether oxygens (including phenoxy) is 2. The SMILES string of the molecule is CCCCC/C=C\C/C=C\CCCCCCCCCCCC(=O)OC(CO)COCCCCCCCC/C=C\CCCCCCCC. The van der Waals surface area contributed by atoms with Crippen molar-refractivity contribution in [3.8, 4) is 0 Å². The standard InChI is InChI=1S/C43H80O4/c1-3-5-7-9-11-13-15-17-19-21-22-23-24-26-28-30-32-34-36-38-43(45)47-42(40-44)41-46-39-37-35-33-31-29-27-25-20-18-16-14-12-10-8-6-4-2/h11,13,17-20,42,44H,3-10,12,14-16,21-41H2,1-2H3/b13-11-,19-17-,20-18-. The van der Waals surface area contributed by atoms with Crippen molar-refractivity contribution in [1.29, 1.82) is 0 Å². The Bertz CT molecular complexity index is 698. The minimum atomic E-state index is -0.538. The maximum absolute atomic E-state index is 12.2. The fraction of sp³-hybridized carbons (Fsp3) is 0.837. The molecule has 0 amide bonds. The van der Waals surface area contributed by atoms with E-state index in [1.807, 2.05) is 0 Å². The molecule has 0 heterocycles. The van der Waals surface area contributed by atoms with Gasteiger partial charge in [-0.2, -0.15) is 0 Å². The quantitative estimate of drug-likeness (QED) is 0.0407. The fourth-order valence-corrected chi connectivity index (χ4v) is 5.82. The molecule has 0 rings (SSSR count). The van der Waals surface area contributed by atoms with Crippen molar-refractivity contribution < 1.29 is 19.4 Å². The first-order valence-corrected chi connectivity index (χ1v) is 20.6. The largest absolute Gasteiger partial charge is 0.457 e. The molecule has 1 unspecified atom stereocenters. The third kappa shape index (κ3) is 38.9. The third-order valence-electron chi connectivity index (χ3n) is 8.94. The van der Waals surface area contributed by atoms with Crippen LogP contribution in [0.5, 0.6) is 0 Å². The summed E-state index contributed by atoms with van der Waals surface area (Å²) >= 11 is 0. The number of rotatable bonds is 38. The van der Waals surface area contributed by atoms with Crippen LogP contribution in [0.1, 0.15) is 206 Å². The monoisotopic (exact) mass is 661 g/mol. The summed E-state index contributed by atoms with van der Waals surface area (Å²) in [5.74, 6) is -0.207. The van der Waals surface area contributed by atoms with Crippen molar-refractivity contribution in [3.63, 3.8) is 0 Å². The second-order valence-electron chi connectivity index (χ2n) is 13.7. The van der Waals surface area contributed by atoms with E-state index < -0.39 is 6.10 Å². The highest BCUT2D eigenvalue weighted by atomic mass is 16.6. The van der Waals surface area contributed by atoms with Crippen LogP contribution >= 0.6 is 0 Å². The highest BCUT2D eigenvalue weighted by Gasteiger charge is 2.13. The summed E-state index contributed by atoms with van der Waals surface area (Å²) in [7, 11) is 0. The van der Waals surface area contributed by atoms with Crippen LogP contribution < -0.4 is 0 Å². The molecule has 0 bridgehead atoms. The first-order valence-electron chi connectivity index (χ1n) is 20.6. The van der Waals surface area contributed by atoms with Gasteiger partial charge in [0.1, 0.15) is 6.10 Å². The minimum absolute atomic E-state index is 0.175. The molecule has 0 aliphatic carbocycles. The molecule has 0 saturated carbocycles. The lowest BCUT2D eigenvalue weighted by Crippen LogP contribution is -2.27. The average molecular weight is 661 g/mol. The van der Waals surface area contributed by atoms with E-state index >= 15 is 0 Å². The minimum Gasteiger partial charge on any atom is -0.457 e. The van der Waals surface area contributed by atoms with Gasteiger partial charge in [0, 0.05) is 13.0 Å². The van der Waals surface area contributed by atoms with Gasteiger partial charge in [-0.05, 0) is 70.6 Å². The summed E-state index contributed by atoms with van der Waals surface area (Å²) in [6.07, 6.45) is 50.5. The van der Waals surface area contributed by atoms with Crippen LogP contribution in [0, 0.1) is 0 Å². The number of carbonyl (C=O) groups is 1. The Morgan fingerprint density at radius 1 is 0.511 bits per heavy atom. The van der Waals surface area contributed by atoms with Gasteiger partial charge in [0.05, 0.1) is 13.2 Å². The Hall–Kier alpha value is -1.39. The smallest absolute Gasteiger partial charge is 0.306 e. The Morgan fingerprint density at radius 2 is 0.894 bits per heavy atom. The zero-order valence-corrected chi connectivity index (χ0v) is 31.5. The maximum Gasteiger partial charge on any atom is 0.306 e. The number of hydrogen-bond acceptors (Lipinski definition) is 4. The van der Waals surface area contributed by atoms with Crippen molar-refractivity contribution in [2.24, 2.45) is 0 Å². The van der Waals surface area contributed by atoms with Crippen molar-refractivity contribution in [2.45, 2.75) is 213 Å². The van der Waals surface area contributed by atoms with E-state index in [0.29, 0.717) is 19.6 Å². The highest BCUT2D eigenvalue weighted by molar-refractivity contribution is 5.69. The van der Waals surface area contributed by atoms with Gasteiger partial charge < -0.3 is 14.6 Å². The highest BCUT2D eigenvalue weighted by Crippen LogP contribution is 2.13. The van der Waals surface area contributed by atoms with Crippen LogP contribution in [-0.2, 0) is 14.3 Å². The number of aliphatic hydroxyl groups excluding tert-OH is 1. The molecule has 0 fully saturated rings. The molecule has 0 spiro atoms. The molecular weight excluding hydrogens is 580 g/mol. The third-order valence-corrected chi connectivity index (χ3v) is 8.94. The van der Waals surface area contributed by atoms with Crippen LogP contribution in [-0.4, -0.2) is 37.0 Å². The summed E-state index contributed by atoms with van der Waals surface area (Å²) in [5, 5.41) is 9.59. The van der Waals surface area contributed by atoms with Gasteiger partial charge in [-0.15, -0.1) is 0 Å². The topological polar surface area (TPSA) is 55.8 Å². The van der Waals surface area contributed by atoms with E-state index in [2.05, 4.69) is 50.3 Å². The van der Waals surface area contributed by atoms with Crippen LogP contribution in [0.2, 0.25) is 0 Å². The molecule has 0 aromatic rings. The lowest BCUT2D eigenvalue weighted by atomic mass is 10.1. The van der Waals surface area contributed by atoms with E-state index in [1.54, 1.807) is 0 Å². The first-order chi connectivity index (χ1) is 23.2.